The van der Waals surface area contributed by atoms with Crippen LogP contribution in [0.25, 0.3) is 0 Å². The van der Waals surface area contributed by atoms with Gasteiger partial charge in [0.15, 0.2) is 0 Å². The van der Waals surface area contributed by atoms with Crippen LogP contribution in [-0.4, -0.2) is 25.3 Å². The van der Waals surface area contributed by atoms with Crippen LogP contribution in [0.4, 0.5) is 0 Å². The molecular formula is C18H18N2O6S3. The summed E-state index contributed by atoms with van der Waals surface area (Å²) in [6.07, 6.45) is 0. The maximum Gasteiger partial charge on any atom is 0.239 e. The molecule has 0 fully saturated rings. The van der Waals surface area contributed by atoms with Crippen molar-refractivity contribution in [3.8, 4) is 0 Å². The second-order valence-electron chi connectivity index (χ2n) is 5.67. The zero-order valence-electron chi connectivity index (χ0n) is 14.9. The summed E-state index contributed by atoms with van der Waals surface area (Å²) in [5, 5.41) is 9.87. The van der Waals surface area contributed by atoms with Crippen LogP contribution in [0, 0.1) is 0 Å². The van der Waals surface area contributed by atoms with Crippen LogP contribution in [-0.2, 0) is 29.9 Å². The van der Waals surface area contributed by atoms with Crippen LogP contribution in [0.5, 0.6) is 0 Å². The molecule has 3 aromatic carbocycles. The second-order valence-corrected chi connectivity index (χ2v) is 10.7. The fraction of sp³-hybridized carbons (Fsp3) is 0. The molecule has 29 heavy (non-hydrogen) atoms. The quantitative estimate of drug-likeness (QED) is 0.609. The Hall–Kier alpha value is -2.57. The molecule has 0 bridgehead atoms. The van der Waals surface area contributed by atoms with Crippen LogP contribution in [0.1, 0.15) is 0 Å². The van der Waals surface area contributed by atoms with Crippen molar-refractivity contribution in [2.24, 2.45) is 10.3 Å². The van der Waals surface area contributed by atoms with E-state index >= 15 is 0 Å². The standard InChI is InChI=1S/C12H11NO4S2.C6H7NO2S/c13-19(16,17)12-9-5-4-8-11(12)18(14,15)10-6-2-1-3-7-10;7-10(8,9)6-4-2-1-3-5-6/h1-9H,(H2,13,16,17);1-5H,(H2,7,8,9). The molecule has 11 heteroatoms. The Balaban J connectivity index is 0.000000253. The Labute approximate surface area is 169 Å². The van der Waals surface area contributed by atoms with E-state index in [1.165, 1.54) is 48.5 Å². The predicted molar refractivity (Wildman–Crippen MR) is 108 cm³/mol. The molecule has 0 aliphatic rings. The highest BCUT2D eigenvalue weighted by molar-refractivity contribution is 7.93. The molecule has 0 amide bonds. The van der Waals surface area contributed by atoms with Gasteiger partial charge in [-0.05, 0) is 36.4 Å². The van der Waals surface area contributed by atoms with Crippen molar-refractivity contribution < 1.29 is 25.3 Å². The predicted octanol–water partition coefficient (Wildman–Crippen LogP) is 1.50. The van der Waals surface area contributed by atoms with Gasteiger partial charge >= 0.3 is 0 Å². The molecule has 0 saturated carbocycles. The van der Waals surface area contributed by atoms with Gasteiger partial charge in [0.25, 0.3) is 0 Å². The van der Waals surface area contributed by atoms with Gasteiger partial charge in [-0.3, -0.25) is 0 Å². The topological polar surface area (TPSA) is 154 Å². The third kappa shape index (κ3) is 5.95. The first kappa shape index (κ1) is 22.7. The van der Waals surface area contributed by atoms with Gasteiger partial charge in [-0.2, -0.15) is 0 Å². The molecule has 4 N–H and O–H groups in total. The minimum absolute atomic E-state index is 0.0195. The van der Waals surface area contributed by atoms with Crippen molar-refractivity contribution in [1.29, 1.82) is 0 Å². The van der Waals surface area contributed by atoms with Crippen molar-refractivity contribution in [3.63, 3.8) is 0 Å². The van der Waals surface area contributed by atoms with E-state index in [0.717, 1.165) is 0 Å². The highest BCUT2D eigenvalue weighted by atomic mass is 32.2. The smallest absolute Gasteiger partial charge is 0.225 e. The molecule has 0 aromatic heterocycles. The van der Waals surface area contributed by atoms with E-state index in [1.807, 2.05) is 0 Å². The van der Waals surface area contributed by atoms with Gasteiger partial charge < -0.3 is 0 Å². The van der Waals surface area contributed by atoms with E-state index in [1.54, 1.807) is 36.4 Å². The van der Waals surface area contributed by atoms with Crippen LogP contribution in [0.2, 0.25) is 0 Å². The molecule has 0 spiro atoms. The molecule has 0 aliphatic heterocycles. The van der Waals surface area contributed by atoms with E-state index in [0.29, 0.717) is 0 Å². The number of benzene rings is 3. The second kappa shape index (κ2) is 8.84. The fourth-order valence-corrected chi connectivity index (χ4v) is 5.43. The highest BCUT2D eigenvalue weighted by Gasteiger charge is 2.25. The molecule has 0 saturated heterocycles. The first-order valence-corrected chi connectivity index (χ1v) is 12.5. The zero-order valence-corrected chi connectivity index (χ0v) is 17.4. The Morgan fingerprint density at radius 1 is 0.448 bits per heavy atom. The molecule has 3 aromatic rings. The van der Waals surface area contributed by atoms with Crippen molar-refractivity contribution >= 4 is 29.9 Å². The summed E-state index contributed by atoms with van der Waals surface area (Å²) in [4.78, 5) is -0.552. The number of hydrogen-bond acceptors (Lipinski definition) is 6. The summed E-state index contributed by atoms with van der Waals surface area (Å²) in [5.41, 5.74) is 0. The summed E-state index contributed by atoms with van der Waals surface area (Å²) in [6, 6.07) is 20.7. The molecule has 0 aliphatic carbocycles. The van der Waals surface area contributed by atoms with E-state index in [9.17, 15) is 25.3 Å². The number of sulfonamides is 2. The third-order valence-electron chi connectivity index (χ3n) is 3.57. The van der Waals surface area contributed by atoms with E-state index in [-0.39, 0.29) is 14.7 Å². The summed E-state index contributed by atoms with van der Waals surface area (Å²) >= 11 is 0. The van der Waals surface area contributed by atoms with Crippen molar-refractivity contribution in [1.82, 2.24) is 0 Å². The van der Waals surface area contributed by atoms with Crippen LogP contribution in [0.3, 0.4) is 0 Å². The summed E-state index contributed by atoms with van der Waals surface area (Å²) in [6.45, 7) is 0. The number of rotatable bonds is 4. The van der Waals surface area contributed by atoms with Gasteiger partial charge in [0, 0.05) is 0 Å². The summed E-state index contributed by atoms with van der Waals surface area (Å²) in [7, 11) is -11.5. The zero-order chi connectivity index (χ0) is 21.7. The monoisotopic (exact) mass is 454 g/mol. The largest absolute Gasteiger partial charge is 0.239 e. The lowest BCUT2D eigenvalue weighted by Gasteiger charge is -2.08. The van der Waals surface area contributed by atoms with Crippen molar-refractivity contribution in [2.75, 3.05) is 0 Å². The number of sulfone groups is 1. The van der Waals surface area contributed by atoms with Gasteiger partial charge in [0.1, 0.15) is 4.90 Å². The molecule has 0 unspecified atom stereocenters. The van der Waals surface area contributed by atoms with E-state index < -0.39 is 34.8 Å². The lowest BCUT2D eigenvalue weighted by atomic mass is 10.4. The average Bonchev–Trinajstić information content (AvgIpc) is 2.68. The van der Waals surface area contributed by atoms with Crippen molar-refractivity contribution in [2.45, 2.75) is 19.6 Å². The molecular weight excluding hydrogens is 436 g/mol. The Morgan fingerprint density at radius 3 is 1.21 bits per heavy atom. The summed E-state index contributed by atoms with van der Waals surface area (Å²) in [5.74, 6) is 0. The maximum atomic E-state index is 12.4. The molecule has 0 heterocycles. The van der Waals surface area contributed by atoms with Gasteiger partial charge in [-0.25, -0.2) is 35.5 Å². The van der Waals surface area contributed by atoms with Crippen LogP contribution < -0.4 is 10.3 Å². The lowest BCUT2D eigenvalue weighted by molar-refractivity contribution is 0.583. The Morgan fingerprint density at radius 2 is 0.828 bits per heavy atom. The van der Waals surface area contributed by atoms with Gasteiger partial charge in [-0.15, -0.1) is 0 Å². The first-order valence-electron chi connectivity index (χ1n) is 7.94. The van der Waals surface area contributed by atoms with E-state index in [4.69, 9.17) is 10.3 Å². The normalized spacial score (nSPS) is 11.9. The average molecular weight is 455 g/mol. The molecule has 0 radical (unpaired) electrons. The molecule has 154 valence electrons. The molecule has 3 rings (SSSR count). The molecule has 8 nitrogen and oxygen atoms in total. The minimum Gasteiger partial charge on any atom is -0.225 e. The van der Waals surface area contributed by atoms with Gasteiger partial charge in [-0.1, -0.05) is 48.5 Å². The molecule has 0 atom stereocenters. The Kier molecular flexibility index (Phi) is 6.93. The SMILES string of the molecule is NS(=O)(=O)c1ccccc1.NS(=O)(=O)c1ccccc1S(=O)(=O)c1ccccc1. The summed E-state index contributed by atoms with van der Waals surface area (Å²) < 4.78 is 68.9. The number of hydrogen-bond donors (Lipinski definition) is 2. The van der Waals surface area contributed by atoms with Gasteiger partial charge in [0.05, 0.1) is 14.7 Å². The van der Waals surface area contributed by atoms with Gasteiger partial charge in [0.2, 0.25) is 29.9 Å². The highest BCUT2D eigenvalue weighted by Crippen LogP contribution is 2.26. The third-order valence-corrected chi connectivity index (χ3v) is 7.43. The number of primary sulfonamides is 2. The Bertz CT molecular complexity index is 1290. The van der Waals surface area contributed by atoms with E-state index in [2.05, 4.69) is 0 Å². The number of nitrogens with two attached hydrogens (primary N) is 2. The van der Waals surface area contributed by atoms with Crippen molar-refractivity contribution in [3.05, 3.63) is 84.9 Å². The van der Waals surface area contributed by atoms with Crippen LogP contribution >= 0.6 is 0 Å². The first-order chi connectivity index (χ1) is 13.4. The minimum atomic E-state index is -4.10. The maximum absolute atomic E-state index is 12.4. The lowest BCUT2D eigenvalue weighted by Crippen LogP contribution is -2.16. The van der Waals surface area contributed by atoms with Crippen LogP contribution in [0.15, 0.2) is 105 Å². The fourth-order valence-electron chi connectivity index (χ4n) is 2.24.